The average Bonchev–Trinajstić information content (AvgIpc) is 2.82. The summed E-state index contributed by atoms with van der Waals surface area (Å²) in [5, 5.41) is 12.6. The molecule has 118 valence electrons. The molecule has 1 fully saturated rings. The summed E-state index contributed by atoms with van der Waals surface area (Å²) in [6.45, 7) is 0. The number of rotatable bonds is 3. The molecule has 1 saturated heterocycles. The van der Waals surface area contributed by atoms with E-state index in [0.29, 0.717) is 11.3 Å². The number of halogens is 1. The van der Waals surface area contributed by atoms with Gasteiger partial charge in [-0.15, -0.1) is 0 Å². The molecule has 0 bridgehead atoms. The van der Waals surface area contributed by atoms with Crippen LogP contribution in [0.3, 0.4) is 0 Å². The lowest BCUT2D eigenvalue weighted by Gasteiger charge is -2.13. The number of ether oxygens (including phenoxy) is 1. The molecule has 2 heterocycles. The number of carbonyl (C=O) groups excluding carboxylic acids is 2. The van der Waals surface area contributed by atoms with Crippen molar-refractivity contribution in [3.05, 3.63) is 47.2 Å². The van der Waals surface area contributed by atoms with Crippen LogP contribution in [0.25, 0.3) is 0 Å². The van der Waals surface area contributed by atoms with Gasteiger partial charge in [0, 0.05) is 6.20 Å². The number of benzene rings is 1. The van der Waals surface area contributed by atoms with E-state index in [1.54, 1.807) is 6.07 Å². The van der Waals surface area contributed by atoms with Gasteiger partial charge in [-0.05, 0) is 29.8 Å². The standard InChI is InChI=1S/C15H12ClN3O4/c1-23-11-3-2-8(6-10(11)20)13-14(21)19(15(22)18-13)9-4-5-17-12(16)7-9/h2-7,13,20H,1H3,(H,18,22)/t13-/m0/s1. The van der Waals surface area contributed by atoms with Crippen LogP contribution in [0.15, 0.2) is 36.5 Å². The first-order valence-electron chi connectivity index (χ1n) is 6.64. The molecule has 0 saturated carbocycles. The first kappa shape index (κ1) is 15.1. The summed E-state index contributed by atoms with van der Waals surface area (Å²) in [6.07, 6.45) is 1.41. The quantitative estimate of drug-likeness (QED) is 0.664. The van der Waals surface area contributed by atoms with E-state index < -0.39 is 18.0 Å². The highest BCUT2D eigenvalue weighted by Crippen LogP contribution is 2.32. The molecule has 2 aromatic rings. The van der Waals surface area contributed by atoms with Crippen molar-refractivity contribution in [2.75, 3.05) is 12.0 Å². The van der Waals surface area contributed by atoms with Crippen LogP contribution in [0.4, 0.5) is 10.5 Å². The molecule has 1 aliphatic rings. The van der Waals surface area contributed by atoms with E-state index in [9.17, 15) is 14.7 Å². The van der Waals surface area contributed by atoms with Gasteiger partial charge in [0.15, 0.2) is 11.5 Å². The largest absolute Gasteiger partial charge is 0.504 e. The SMILES string of the molecule is COc1ccc([C@@H]2NC(=O)N(c3ccnc(Cl)c3)C2=O)cc1O. The molecule has 1 aromatic carbocycles. The number of phenolic OH excluding ortho intramolecular Hbond substituents is 1. The van der Waals surface area contributed by atoms with E-state index >= 15 is 0 Å². The number of hydrogen-bond acceptors (Lipinski definition) is 5. The van der Waals surface area contributed by atoms with E-state index in [-0.39, 0.29) is 16.7 Å². The van der Waals surface area contributed by atoms with Crippen molar-refractivity contribution in [2.45, 2.75) is 6.04 Å². The van der Waals surface area contributed by atoms with Crippen molar-refractivity contribution in [3.63, 3.8) is 0 Å². The van der Waals surface area contributed by atoms with Gasteiger partial charge in [-0.3, -0.25) is 4.79 Å². The predicted octanol–water partition coefficient (Wildman–Crippen LogP) is 2.25. The number of nitrogens with one attached hydrogen (secondary N) is 1. The zero-order chi connectivity index (χ0) is 16.6. The van der Waals surface area contributed by atoms with Gasteiger partial charge in [0.25, 0.3) is 5.91 Å². The summed E-state index contributed by atoms with van der Waals surface area (Å²) in [5.41, 5.74) is 0.775. The van der Waals surface area contributed by atoms with Crippen molar-refractivity contribution < 1.29 is 19.4 Å². The van der Waals surface area contributed by atoms with E-state index in [1.165, 1.54) is 37.6 Å². The van der Waals surface area contributed by atoms with Crippen molar-refractivity contribution in [1.29, 1.82) is 0 Å². The van der Waals surface area contributed by atoms with Crippen molar-refractivity contribution in [3.8, 4) is 11.5 Å². The molecule has 0 aliphatic carbocycles. The lowest BCUT2D eigenvalue weighted by molar-refractivity contribution is -0.118. The lowest BCUT2D eigenvalue weighted by Crippen LogP contribution is -2.30. The Morgan fingerprint density at radius 2 is 2.09 bits per heavy atom. The number of anilines is 1. The number of phenols is 1. The molecule has 0 unspecified atom stereocenters. The number of urea groups is 1. The lowest BCUT2D eigenvalue weighted by atomic mass is 10.1. The molecular weight excluding hydrogens is 322 g/mol. The van der Waals surface area contributed by atoms with Gasteiger partial charge in [-0.2, -0.15) is 0 Å². The molecule has 23 heavy (non-hydrogen) atoms. The van der Waals surface area contributed by atoms with Gasteiger partial charge >= 0.3 is 6.03 Å². The molecule has 1 aromatic heterocycles. The molecule has 0 radical (unpaired) electrons. The topological polar surface area (TPSA) is 91.8 Å². The first-order chi connectivity index (χ1) is 11.0. The number of amides is 3. The molecule has 0 spiro atoms. The monoisotopic (exact) mass is 333 g/mol. The third kappa shape index (κ3) is 2.66. The van der Waals surface area contributed by atoms with E-state index in [4.69, 9.17) is 16.3 Å². The number of nitrogens with zero attached hydrogens (tertiary/aromatic N) is 2. The number of pyridine rings is 1. The van der Waals surface area contributed by atoms with E-state index in [1.807, 2.05) is 0 Å². The van der Waals surface area contributed by atoms with Crippen LogP contribution in [0, 0.1) is 0 Å². The Morgan fingerprint density at radius 1 is 1.30 bits per heavy atom. The Morgan fingerprint density at radius 3 is 2.74 bits per heavy atom. The summed E-state index contributed by atoms with van der Waals surface area (Å²) >= 11 is 5.80. The van der Waals surface area contributed by atoms with Gasteiger partial charge in [0.1, 0.15) is 11.2 Å². The maximum Gasteiger partial charge on any atom is 0.329 e. The maximum atomic E-state index is 12.6. The van der Waals surface area contributed by atoms with Crippen LogP contribution in [0.1, 0.15) is 11.6 Å². The molecule has 1 aliphatic heterocycles. The third-order valence-corrected chi connectivity index (χ3v) is 3.65. The summed E-state index contributed by atoms with van der Waals surface area (Å²) in [7, 11) is 1.42. The van der Waals surface area contributed by atoms with Crippen LogP contribution < -0.4 is 15.0 Å². The van der Waals surface area contributed by atoms with Gasteiger partial charge in [-0.1, -0.05) is 17.7 Å². The van der Waals surface area contributed by atoms with Crippen LogP contribution in [-0.4, -0.2) is 29.1 Å². The van der Waals surface area contributed by atoms with Crippen LogP contribution in [0.2, 0.25) is 5.15 Å². The van der Waals surface area contributed by atoms with Crippen molar-refractivity contribution in [1.82, 2.24) is 10.3 Å². The molecular formula is C15H12ClN3O4. The van der Waals surface area contributed by atoms with Gasteiger partial charge in [-0.25, -0.2) is 14.7 Å². The Labute approximate surface area is 136 Å². The smallest absolute Gasteiger partial charge is 0.329 e. The Bertz CT molecular complexity index is 796. The second-order valence-corrected chi connectivity index (χ2v) is 5.21. The number of carbonyl (C=O) groups is 2. The van der Waals surface area contributed by atoms with Crippen molar-refractivity contribution >= 4 is 29.2 Å². The van der Waals surface area contributed by atoms with Crippen LogP contribution in [-0.2, 0) is 4.79 Å². The Hall–Kier alpha value is -2.80. The zero-order valence-corrected chi connectivity index (χ0v) is 12.7. The summed E-state index contributed by atoms with van der Waals surface area (Å²) in [4.78, 5) is 29.5. The highest BCUT2D eigenvalue weighted by Gasteiger charge is 2.40. The van der Waals surface area contributed by atoms with E-state index in [2.05, 4.69) is 10.3 Å². The summed E-state index contributed by atoms with van der Waals surface area (Å²) in [6, 6.07) is 5.97. The molecule has 2 N–H and O–H groups in total. The zero-order valence-electron chi connectivity index (χ0n) is 12.0. The molecule has 3 rings (SSSR count). The highest BCUT2D eigenvalue weighted by atomic mass is 35.5. The fraction of sp³-hybridized carbons (Fsp3) is 0.133. The molecule has 1 atom stereocenters. The third-order valence-electron chi connectivity index (χ3n) is 3.44. The van der Waals surface area contributed by atoms with E-state index in [0.717, 1.165) is 4.90 Å². The minimum Gasteiger partial charge on any atom is -0.504 e. The number of aromatic hydroxyl groups is 1. The normalized spacial score (nSPS) is 17.3. The fourth-order valence-electron chi connectivity index (χ4n) is 2.37. The number of methoxy groups -OCH3 is 1. The van der Waals surface area contributed by atoms with Gasteiger partial charge in [0.05, 0.1) is 12.8 Å². The highest BCUT2D eigenvalue weighted by molar-refractivity contribution is 6.30. The van der Waals surface area contributed by atoms with Crippen molar-refractivity contribution in [2.24, 2.45) is 0 Å². The summed E-state index contributed by atoms with van der Waals surface area (Å²) in [5.74, 6) is -0.303. The second kappa shape index (κ2) is 5.77. The number of aromatic nitrogens is 1. The Kier molecular flexibility index (Phi) is 3.79. The van der Waals surface area contributed by atoms with Gasteiger partial charge in [0.2, 0.25) is 0 Å². The fourth-order valence-corrected chi connectivity index (χ4v) is 2.54. The Balaban J connectivity index is 1.94. The average molecular weight is 334 g/mol. The predicted molar refractivity (Wildman–Crippen MR) is 82.7 cm³/mol. The second-order valence-electron chi connectivity index (χ2n) is 4.82. The minimum absolute atomic E-state index is 0.113. The molecule has 8 heteroatoms. The summed E-state index contributed by atoms with van der Waals surface area (Å²) < 4.78 is 4.96. The minimum atomic E-state index is -0.897. The van der Waals surface area contributed by atoms with Gasteiger partial charge < -0.3 is 15.2 Å². The number of hydrogen-bond donors (Lipinski definition) is 2. The van der Waals surface area contributed by atoms with Crippen LogP contribution >= 0.6 is 11.6 Å². The molecule has 7 nitrogen and oxygen atoms in total. The van der Waals surface area contributed by atoms with Crippen LogP contribution in [0.5, 0.6) is 11.5 Å². The number of imide groups is 1. The maximum absolute atomic E-state index is 12.6. The first-order valence-corrected chi connectivity index (χ1v) is 7.02. The molecule has 3 amide bonds.